The molecule has 2 N–H and O–H groups in total. The third-order valence-corrected chi connectivity index (χ3v) is 7.30. The fourth-order valence-electron chi connectivity index (χ4n) is 5.11. The molecule has 1 amide bonds. The van der Waals surface area contributed by atoms with Crippen molar-refractivity contribution < 1.29 is 13.9 Å². The maximum absolute atomic E-state index is 13.0. The van der Waals surface area contributed by atoms with E-state index in [0.717, 1.165) is 63.6 Å². The molecule has 5 aromatic rings. The van der Waals surface area contributed by atoms with Gasteiger partial charge < -0.3 is 19.5 Å². The molecule has 0 aliphatic carbocycles. The third kappa shape index (κ3) is 4.51. The number of fused-ring (bicyclic) bond motifs is 2. The summed E-state index contributed by atoms with van der Waals surface area (Å²) < 4.78 is 13.6. The fourth-order valence-corrected chi connectivity index (χ4v) is 5.11. The summed E-state index contributed by atoms with van der Waals surface area (Å²) in [6, 6.07) is 7.77. The van der Waals surface area contributed by atoms with Crippen LogP contribution in [0, 0.1) is 13.8 Å². The van der Waals surface area contributed by atoms with E-state index in [0.29, 0.717) is 18.1 Å². The lowest BCUT2D eigenvalue weighted by Gasteiger charge is -2.18. The van der Waals surface area contributed by atoms with Gasteiger partial charge in [-0.1, -0.05) is 32.9 Å². The number of hydrogen-bond acceptors (Lipinski definition) is 8. The fraction of sp³-hybridized carbons (Fsp3) is 0.379. The molecule has 206 valence electrons. The van der Waals surface area contributed by atoms with E-state index in [4.69, 9.17) is 14.1 Å². The summed E-state index contributed by atoms with van der Waals surface area (Å²) in [5, 5.41) is 15.6. The molecule has 0 saturated carbocycles. The summed E-state index contributed by atoms with van der Waals surface area (Å²) in [4.78, 5) is 25.8. The molecule has 1 atom stereocenters. The molecule has 0 fully saturated rings. The lowest BCUT2D eigenvalue weighted by molar-refractivity contribution is 0.0896. The van der Waals surface area contributed by atoms with Gasteiger partial charge in [0, 0.05) is 35.5 Å². The number of H-pyrrole nitrogens is 1. The summed E-state index contributed by atoms with van der Waals surface area (Å²) in [7, 11) is 1.93. The number of nitrogens with zero attached hydrogens (tertiary/aromatic N) is 6. The van der Waals surface area contributed by atoms with Gasteiger partial charge in [-0.05, 0) is 44.4 Å². The Labute approximate surface area is 231 Å². The van der Waals surface area contributed by atoms with E-state index in [9.17, 15) is 4.79 Å². The predicted molar refractivity (Wildman–Crippen MR) is 149 cm³/mol. The zero-order valence-corrected chi connectivity index (χ0v) is 23.5. The summed E-state index contributed by atoms with van der Waals surface area (Å²) in [5.74, 6) is 1.45. The van der Waals surface area contributed by atoms with Gasteiger partial charge >= 0.3 is 11.8 Å². The average molecular weight is 541 g/mol. The van der Waals surface area contributed by atoms with Gasteiger partial charge in [0.05, 0.1) is 29.4 Å². The molecule has 1 aliphatic rings. The zero-order valence-electron chi connectivity index (χ0n) is 23.5. The van der Waals surface area contributed by atoms with Crippen LogP contribution in [0.3, 0.4) is 0 Å². The van der Waals surface area contributed by atoms with Crippen LogP contribution in [0.1, 0.15) is 73.2 Å². The number of rotatable bonds is 4. The molecule has 0 radical (unpaired) electrons. The number of nitrogens with one attached hydrogen (secondary N) is 2. The molecule has 0 bridgehead atoms. The Morgan fingerprint density at radius 2 is 2.00 bits per heavy atom. The molecular weight excluding hydrogens is 508 g/mol. The first kappa shape index (κ1) is 25.7. The standard InChI is InChI=1S/C29H32N8O3/c1-15-22(16(2)37(6)36-15)24-32-23-18(11-12-30-25(23)33-24)17-9-10-19-20(8-7-13-39-21(19)14-17)31-26(38)27-34-35-28(40-27)29(3,4)5/h9-12,14,20H,7-8,13H2,1-6H3,(H,31,38)(H,30,32,33)/t20-/m0/s1. The number of aryl methyl sites for hydroxylation is 2. The highest BCUT2D eigenvalue weighted by Crippen LogP contribution is 2.37. The van der Waals surface area contributed by atoms with Crippen LogP contribution >= 0.6 is 0 Å². The van der Waals surface area contributed by atoms with Crippen molar-refractivity contribution >= 4 is 17.1 Å². The Morgan fingerprint density at radius 1 is 1.18 bits per heavy atom. The van der Waals surface area contributed by atoms with Crippen LogP contribution in [0.2, 0.25) is 0 Å². The van der Waals surface area contributed by atoms with Crippen molar-refractivity contribution in [1.29, 1.82) is 0 Å². The number of hydrogen-bond donors (Lipinski definition) is 2. The van der Waals surface area contributed by atoms with E-state index in [1.54, 1.807) is 6.20 Å². The number of ether oxygens (including phenoxy) is 1. The molecule has 11 heteroatoms. The van der Waals surface area contributed by atoms with Crippen molar-refractivity contribution in [3.63, 3.8) is 0 Å². The Kier molecular flexibility index (Phi) is 6.16. The summed E-state index contributed by atoms with van der Waals surface area (Å²) in [6.45, 7) is 10.4. The highest BCUT2D eigenvalue weighted by atomic mass is 16.5. The van der Waals surface area contributed by atoms with Crippen molar-refractivity contribution in [3.05, 3.63) is 59.2 Å². The van der Waals surface area contributed by atoms with Crippen molar-refractivity contribution in [2.45, 2.75) is 58.9 Å². The summed E-state index contributed by atoms with van der Waals surface area (Å²) in [6.07, 6.45) is 3.28. The van der Waals surface area contributed by atoms with Crippen molar-refractivity contribution in [2.24, 2.45) is 7.05 Å². The highest BCUT2D eigenvalue weighted by molar-refractivity contribution is 5.92. The zero-order chi connectivity index (χ0) is 28.2. The van der Waals surface area contributed by atoms with Gasteiger partial charge in [-0.25, -0.2) is 9.97 Å². The number of aromatic nitrogens is 7. The Balaban J connectivity index is 1.32. The third-order valence-electron chi connectivity index (χ3n) is 7.30. The molecule has 1 aliphatic heterocycles. The molecule has 0 spiro atoms. The minimum absolute atomic E-state index is 0.0402. The number of amides is 1. The van der Waals surface area contributed by atoms with Crippen LogP contribution in [-0.2, 0) is 12.5 Å². The second-order valence-electron chi connectivity index (χ2n) is 11.2. The molecule has 1 aromatic carbocycles. The van der Waals surface area contributed by atoms with Crippen LogP contribution in [-0.4, -0.2) is 47.4 Å². The molecule has 11 nitrogen and oxygen atoms in total. The predicted octanol–water partition coefficient (Wildman–Crippen LogP) is 4.97. The first-order valence-corrected chi connectivity index (χ1v) is 13.4. The molecule has 6 rings (SSSR count). The lowest BCUT2D eigenvalue weighted by Crippen LogP contribution is -2.28. The Bertz CT molecular complexity index is 1740. The molecule has 0 unspecified atom stereocenters. The van der Waals surface area contributed by atoms with E-state index in [1.807, 2.05) is 70.6 Å². The van der Waals surface area contributed by atoms with E-state index < -0.39 is 5.91 Å². The van der Waals surface area contributed by atoms with E-state index >= 15 is 0 Å². The summed E-state index contributed by atoms with van der Waals surface area (Å²) in [5.41, 5.74) is 6.86. The SMILES string of the molecule is Cc1nn(C)c(C)c1-c1nc2nccc(-c3ccc4c(c3)OCCC[C@@H]4NC(=O)c3nnc(C(C)(C)C)o3)c2[nH]1. The van der Waals surface area contributed by atoms with Crippen LogP contribution in [0.25, 0.3) is 33.7 Å². The van der Waals surface area contributed by atoms with E-state index in [2.05, 4.69) is 30.6 Å². The lowest BCUT2D eigenvalue weighted by atomic mass is 9.97. The number of pyridine rings is 1. The molecule has 4 aromatic heterocycles. The van der Waals surface area contributed by atoms with Gasteiger partial charge in [0.25, 0.3) is 0 Å². The summed E-state index contributed by atoms with van der Waals surface area (Å²) >= 11 is 0. The first-order valence-electron chi connectivity index (χ1n) is 13.4. The quantitative estimate of drug-likeness (QED) is 0.326. The largest absolute Gasteiger partial charge is 0.493 e. The van der Waals surface area contributed by atoms with Crippen molar-refractivity contribution in [3.8, 4) is 28.3 Å². The topological polar surface area (TPSA) is 137 Å². The molecular formula is C29H32N8O3. The van der Waals surface area contributed by atoms with Gasteiger partial charge in [-0.15, -0.1) is 10.2 Å². The van der Waals surface area contributed by atoms with Gasteiger partial charge in [0.15, 0.2) is 5.65 Å². The minimum atomic E-state index is -0.397. The van der Waals surface area contributed by atoms with Gasteiger partial charge in [-0.2, -0.15) is 5.10 Å². The molecule has 40 heavy (non-hydrogen) atoms. The maximum Gasteiger partial charge on any atom is 0.309 e. The van der Waals surface area contributed by atoms with Crippen molar-refractivity contribution in [2.75, 3.05) is 6.61 Å². The van der Waals surface area contributed by atoms with Gasteiger partial charge in [0.2, 0.25) is 5.89 Å². The van der Waals surface area contributed by atoms with Gasteiger partial charge in [0.1, 0.15) is 11.6 Å². The normalized spacial score (nSPS) is 15.5. The Hall–Kier alpha value is -4.54. The van der Waals surface area contributed by atoms with Gasteiger partial charge in [-0.3, -0.25) is 9.48 Å². The molecule has 0 saturated heterocycles. The maximum atomic E-state index is 13.0. The minimum Gasteiger partial charge on any atom is -0.493 e. The first-order chi connectivity index (χ1) is 19.1. The number of benzene rings is 1. The smallest absolute Gasteiger partial charge is 0.309 e. The second-order valence-corrected chi connectivity index (χ2v) is 11.2. The number of imidazole rings is 1. The number of aromatic amines is 1. The van der Waals surface area contributed by atoms with E-state index in [1.165, 1.54) is 0 Å². The van der Waals surface area contributed by atoms with E-state index in [-0.39, 0.29) is 17.3 Å². The van der Waals surface area contributed by atoms with Crippen LogP contribution in [0.15, 0.2) is 34.9 Å². The number of carbonyl (C=O) groups excluding carboxylic acids is 1. The van der Waals surface area contributed by atoms with Crippen LogP contribution in [0.5, 0.6) is 5.75 Å². The number of carbonyl (C=O) groups is 1. The molecule has 5 heterocycles. The van der Waals surface area contributed by atoms with Crippen LogP contribution < -0.4 is 10.1 Å². The average Bonchev–Trinajstić information content (AvgIpc) is 3.59. The van der Waals surface area contributed by atoms with Crippen molar-refractivity contribution in [1.82, 2.24) is 40.2 Å². The second kappa shape index (κ2) is 9.58. The monoisotopic (exact) mass is 540 g/mol. The highest BCUT2D eigenvalue weighted by Gasteiger charge is 2.28. The Morgan fingerprint density at radius 3 is 2.73 bits per heavy atom. The van der Waals surface area contributed by atoms with Crippen LogP contribution in [0.4, 0.5) is 0 Å².